The fraction of sp³-hybridized carbons (Fsp3) is 0.333. The van der Waals surface area contributed by atoms with Crippen molar-refractivity contribution in [2.45, 2.75) is 26.7 Å². The predicted molar refractivity (Wildman–Crippen MR) is 60.1 cm³/mol. The Morgan fingerprint density at radius 2 is 2.33 bits per heavy atom. The zero-order chi connectivity index (χ0) is 10.8. The van der Waals surface area contributed by atoms with E-state index in [4.69, 9.17) is 0 Å². The van der Waals surface area contributed by atoms with E-state index < -0.39 is 0 Å². The number of ketones is 1. The number of hydrogen-bond acceptors (Lipinski definition) is 2. The summed E-state index contributed by atoms with van der Waals surface area (Å²) in [6, 6.07) is 1.93. The Kier molecular flexibility index (Phi) is 2.54. The summed E-state index contributed by atoms with van der Waals surface area (Å²) in [4.78, 5) is 19.1. The van der Waals surface area contributed by atoms with Gasteiger partial charge in [0.25, 0.3) is 0 Å². The van der Waals surface area contributed by atoms with Crippen LogP contribution in [-0.2, 0) is 0 Å². The van der Waals surface area contributed by atoms with Gasteiger partial charge in [0, 0.05) is 24.2 Å². The van der Waals surface area contributed by atoms with Crippen LogP contribution in [0.5, 0.6) is 0 Å². The van der Waals surface area contributed by atoms with Crippen LogP contribution in [0.4, 0.5) is 0 Å². The van der Waals surface area contributed by atoms with E-state index in [1.165, 1.54) is 0 Å². The molecule has 3 nitrogen and oxygen atoms in total. The Morgan fingerprint density at radius 1 is 1.53 bits per heavy atom. The molecule has 0 aliphatic heterocycles. The van der Waals surface area contributed by atoms with Gasteiger partial charge in [-0.3, -0.25) is 9.78 Å². The van der Waals surface area contributed by atoms with E-state index in [-0.39, 0.29) is 5.78 Å². The average molecular weight is 202 g/mol. The molecule has 2 aromatic heterocycles. The van der Waals surface area contributed by atoms with Gasteiger partial charge in [0.1, 0.15) is 5.69 Å². The van der Waals surface area contributed by atoms with Gasteiger partial charge in [-0.25, -0.2) is 0 Å². The molecule has 0 bridgehead atoms. The van der Waals surface area contributed by atoms with Crippen LogP contribution >= 0.6 is 0 Å². The van der Waals surface area contributed by atoms with Crippen molar-refractivity contribution in [3.05, 3.63) is 29.7 Å². The van der Waals surface area contributed by atoms with Crippen LogP contribution in [0.1, 0.15) is 35.8 Å². The maximum absolute atomic E-state index is 11.8. The molecule has 1 N–H and O–H groups in total. The highest BCUT2D eigenvalue weighted by Gasteiger charge is 2.12. The molecule has 2 rings (SSSR count). The Bertz CT molecular complexity index is 499. The smallest absolute Gasteiger partial charge is 0.183 e. The number of nitrogens with one attached hydrogen (secondary N) is 1. The van der Waals surface area contributed by atoms with Crippen LogP contribution in [0.3, 0.4) is 0 Å². The van der Waals surface area contributed by atoms with Gasteiger partial charge in [0.15, 0.2) is 5.78 Å². The molecule has 0 aliphatic rings. The summed E-state index contributed by atoms with van der Waals surface area (Å²) >= 11 is 0. The molecular weight excluding hydrogens is 188 g/mol. The molecule has 0 amide bonds. The number of Topliss-reactive ketones (excluding diaryl/α,β-unsaturated/α-hetero) is 1. The number of H-pyrrole nitrogens is 1. The molecule has 0 radical (unpaired) electrons. The maximum atomic E-state index is 11.8. The van der Waals surface area contributed by atoms with E-state index in [9.17, 15) is 4.79 Å². The van der Waals surface area contributed by atoms with E-state index in [0.717, 1.165) is 22.9 Å². The van der Waals surface area contributed by atoms with E-state index >= 15 is 0 Å². The molecule has 2 aromatic rings. The van der Waals surface area contributed by atoms with Gasteiger partial charge in [0.2, 0.25) is 0 Å². The molecule has 0 saturated carbocycles. The van der Waals surface area contributed by atoms with E-state index in [1.807, 2.05) is 26.1 Å². The summed E-state index contributed by atoms with van der Waals surface area (Å²) in [5.74, 6) is 0.116. The number of aromatic nitrogens is 2. The number of carbonyl (C=O) groups is 1. The van der Waals surface area contributed by atoms with Crippen molar-refractivity contribution in [2.75, 3.05) is 0 Å². The van der Waals surface area contributed by atoms with E-state index in [2.05, 4.69) is 9.97 Å². The van der Waals surface area contributed by atoms with Gasteiger partial charge >= 0.3 is 0 Å². The largest absolute Gasteiger partial charge is 0.359 e. The third-order valence-electron chi connectivity index (χ3n) is 2.55. The number of fused-ring (bicyclic) bond motifs is 1. The molecule has 0 aliphatic carbocycles. The monoisotopic (exact) mass is 202 g/mol. The molecule has 0 saturated heterocycles. The molecule has 0 spiro atoms. The van der Waals surface area contributed by atoms with Crippen molar-refractivity contribution in [2.24, 2.45) is 0 Å². The van der Waals surface area contributed by atoms with Gasteiger partial charge in [-0.05, 0) is 25.0 Å². The number of hydrogen-bond donors (Lipinski definition) is 1. The lowest BCUT2D eigenvalue weighted by Crippen LogP contribution is -2.02. The quantitative estimate of drug-likeness (QED) is 0.778. The Morgan fingerprint density at radius 3 is 3.07 bits per heavy atom. The van der Waals surface area contributed by atoms with Crippen molar-refractivity contribution < 1.29 is 4.79 Å². The molecule has 0 atom stereocenters. The van der Waals surface area contributed by atoms with Crippen LogP contribution < -0.4 is 0 Å². The molecule has 15 heavy (non-hydrogen) atoms. The maximum Gasteiger partial charge on any atom is 0.183 e. The number of rotatable bonds is 3. The second-order valence-corrected chi connectivity index (χ2v) is 3.73. The summed E-state index contributed by atoms with van der Waals surface area (Å²) in [5.41, 5.74) is 2.59. The van der Waals surface area contributed by atoms with Crippen LogP contribution in [0.2, 0.25) is 0 Å². The highest BCUT2D eigenvalue weighted by atomic mass is 16.1. The van der Waals surface area contributed by atoms with Gasteiger partial charge < -0.3 is 4.98 Å². The van der Waals surface area contributed by atoms with Gasteiger partial charge in [-0.2, -0.15) is 0 Å². The fourth-order valence-corrected chi connectivity index (χ4v) is 1.75. The minimum atomic E-state index is 0.116. The van der Waals surface area contributed by atoms with Gasteiger partial charge in [-0.15, -0.1) is 0 Å². The number of nitrogens with zero attached hydrogens (tertiary/aromatic N) is 1. The SMILES string of the molecule is CCCC(=O)c1nccc2c(C)c[nH]c12. The highest BCUT2D eigenvalue weighted by Crippen LogP contribution is 2.20. The standard InChI is InChI=1S/C12H14N2O/c1-3-4-10(15)12-11-9(5-6-13-12)8(2)7-14-11/h5-7,14H,3-4H2,1-2H3. The van der Waals surface area contributed by atoms with E-state index in [0.29, 0.717) is 12.1 Å². The normalized spacial score (nSPS) is 10.8. The van der Waals surface area contributed by atoms with Crippen LogP contribution in [-0.4, -0.2) is 15.8 Å². The van der Waals surface area contributed by atoms with Crippen molar-refractivity contribution >= 4 is 16.7 Å². The highest BCUT2D eigenvalue weighted by molar-refractivity contribution is 6.05. The first kappa shape index (κ1) is 9.90. The molecule has 0 fully saturated rings. The molecule has 0 aromatic carbocycles. The Balaban J connectivity index is 2.56. The summed E-state index contributed by atoms with van der Waals surface area (Å²) in [6.07, 6.45) is 5.03. The van der Waals surface area contributed by atoms with Crippen molar-refractivity contribution in [1.82, 2.24) is 9.97 Å². The molecule has 78 valence electrons. The Labute approximate surface area is 88.5 Å². The van der Waals surface area contributed by atoms with Crippen LogP contribution in [0.25, 0.3) is 10.9 Å². The number of aryl methyl sites for hydroxylation is 1. The lowest BCUT2D eigenvalue weighted by molar-refractivity contribution is 0.0978. The average Bonchev–Trinajstić information content (AvgIpc) is 2.61. The number of pyridine rings is 1. The van der Waals surface area contributed by atoms with Crippen molar-refractivity contribution in [3.63, 3.8) is 0 Å². The molecule has 3 heteroatoms. The number of carbonyl (C=O) groups excluding carboxylic acids is 1. The topological polar surface area (TPSA) is 45.8 Å². The number of aromatic amines is 1. The third kappa shape index (κ3) is 1.65. The first-order chi connectivity index (χ1) is 7.24. The molecule has 0 unspecified atom stereocenters. The minimum Gasteiger partial charge on any atom is -0.359 e. The summed E-state index contributed by atoms with van der Waals surface area (Å²) in [7, 11) is 0. The van der Waals surface area contributed by atoms with Crippen LogP contribution in [0.15, 0.2) is 18.5 Å². The van der Waals surface area contributed by atoms with Crippen LogP contribution in [0, 0.1) is 6.92 Å². The van der Waals surface area contributed by atoms with E-state index in [1.54, 1.807) is 6.20 Å². The second kappa shape index (κ2) is 3.85. The zero-order valence-electron chi connectivity index (χ0n) is 9.00. The zero-order valence-corrected chi connectivity index (χ0v) is 9.00. The third-order valence-corrected chi connectivity index (χ3v) is 2.55. The second-order valence-electron chi connectivity index (χ2n) is 3.73. The predicted octanol–water partition coefficient (Wildman–Crippen LogP) is 2.85. The first-order valence-electron chi connectivity index (χ1n) is 5.20. The summed E-state index contributed by atoms with van der Waals surface area (Å²) in [6.45, 7) is 4.02. The lowest BCUT2D eigenvalue weighted by atomic mass is 10.1. The molecular formula is C12H14N2O. The molecule has 2 heterocycles. The lowest BCUT2D eigenvalue weighted by Gasteiger charge is -2.00. The summed E-state index contributed by atoms with van der Waals surface area (Å²) in [5, 5.41) is 1.09. The Hall–Kier alpha value is -1.64. The fourth-order valence-electron chi connectivity index (χ4n) is 1.75. The first-order valence-corrected chi connectivity index (χ1v) is 5.20. The minimum absolute atomic E-state index is 0.116. The van der Waals surface area contributed by atoms with Gasteiger partial charge in [0.05, 0.1) is 5.52 Å². The van der Waals surface area contributed by atoms with Crippen molar-refractivity contribution in [1.29, 1.82) is 0 Å². The summed E-state index contributed by atoms with van der Waals surface area (Å²) < 4.78 is 0. The van der Waals surface area contributed by atoms with Gasteiger partial charge in [-0.1, -0.05) is 6.92 Å². The van der Waals surface area contributed by atoms with Crippen molar-refractivity contribution in [3.8, 4) is 0 Å².